The van der Waals surface area contributed by atoms with Gasteiger partial charge in [-0.05, 0) is 24.3 Å². The zero-order valence-corrected chi connectivity index (χ0v) is 11.6. The number of carbonyl (C=O) groups is 1. The molecular weight excluding hydrogens is 246 g/mol. The predicted octanol–water partition coefficient (Wildman–Crippen LogP) is 1.35. The van der Waals surface area contributed by atoms with Crippen molar-refractivity contribution in [3.63, 3.8) is 0 Å². The first-order valence-corrected chi connectivity index (χ1v) is 6.30. The maximum atomic E-state index is 10.7. The highest BCUT2D eigenvalue weighted by Gasteiger charge is 2.06. The quantitative estimate of drug-likeness (QED) is 0.576. The van der Waals surface area contributed by atoms with E-state index in [2.05, 4.69) is 5.32 Å². The number of nitrogens with one attached hydrogen (secondary N) is 1. The minimum atomic E-state index is -0.560. The van der Waals surface area contributed by atoms with Crippen molar-refractivity contribution in [2.24, 2.45) is 0 Å². The minimum Gasteiger partial charge on any atom is -0.491 e. The number of hydrogen-bond donors (Lipinski definition) is 2. The van der Waals surface area contributed by atoms with Gasteiger partial charge in [0.15, 0.2) is 0 Å². The molecule has 0 heterocycles. The molecule has 1 aromatic carbocycles. The summed E-state index contributed by atoms with van der Waals surface area (Å²) < 4.78 is 10.3. The van der Waals surface area contributed by atoms with E-state index < -0.39 is 6.10 Å². The van der Waals surface area contributed by atoms with Crippen LogP contribution in [0.25, 0.3) is 0 Å². The van der Waals surface area contributed by atoms with Crippen molar-refractivity contribution in [1.29, 1.82) is 0 Å². The molecule has 0 fully saturated rings. The van der Waals surface area contributed by atoms with E-state index in [4.69, 9.17) is 9.47 Å². The molecule has 5 nitrogen and oxygen atoms in total. The third-order valence-electron chi connectivity index (χ3n) is 2.29. The summed E-state index contributed by atoms with van der Waals surface area (Å²) in [5, 5.41) is 12.8. The monoisotopic (exact) mass is 267 g/mol. The maximum Gasteiger partial charge on any atom is 0.308 e. The topological polar surface area (TPSA) is 67.8 Å². The molecule has 0 radical (unpaired) electrons. The van der Waals surface area contributed by atoms with E-state index in [0.29, 0.717) is 24.1 Å². The van der Waals surface area contributed by atoms with Gasteiger partial charge in [-0.2, -0.15) is 0 Å². The Hall–Kier alpha value is -1.59. The fourth-order valence-electron chi connectivity index (χ4n) is 1.39. The summed E-state index contributed by atoms with van der Waals surface area (Å²) in [5.74, 6) is 0.741. The Balaban J connectivity index is 2.35. The van der Waals surface area contributed by atoms with E-state index in [1.165, 1.54) is 6.92 Å². The van der Waals surface area contributed by atoms with Crippen molar-refractivity contribution >= 4 is 5.97 Å². The van der Waals surface area contributed by atoms with Gasteiger partial charge in [-0.1, -0.05) is 13.8 Å². The molecule has 0 amide bonds. The summed E-state index contributed by atoms with van der Waals surface area (Å²) in [4.78, 5) is 10.7. The van der Waals surface area contributed by atoms with Crippen LogP contribution >= 0.6 is 0 Å². The molecule has 0 aromatic heterocycles. The maximum absolute atomic E-state index is 10.7. The van der Waals surface area contributed by atoms with Crippen LogP contribution in [0, 0.1) is 0 Å². The molecule has 0 saturated carbocycles. The first-order valence-electron chi connectivity index (χ1n) is 6.30. The molecule has 1 aromatic rings. The zero-order valence-electron chi connectivity index (χ0n) is 11.6. The molecule has 5 heteroatoms. The summed E-state index contributed by atoms with van der Waals surface area (Å²) in [7, 11) is 0. The number of aliphatic hydroxyl groups excluding tert-OH is 1. The van der Waals surface area contributed by atoms with Crippen LogP contribution in [0.1, 0.15) is 20.8 Å². The van der Waals surface area contributed by atoms with Gasteiger partial charge in [0, 0.05) is 19.5 Å². The van der Waals surface area contributed by atoms with Crippen molar-refractivity contribution in [2.45, 2.75) is 32.9 Å². The molecule has 0 spiro atoms. The second-order valence-corrected chi connectivity index (χ2v) is 4.59. The van der Waals surface area contributed by atoms with Crippen molar-refractivity contribution < 1.29 is 19.4 Å². The van der Waals surface area contributed by atoms with Gasteiger partial charge in [0.2, 0.25) is 0 Å². The Labute approximate surface area is 113 Å². The molecule has 0 bridgehead atoms. The van der Waals surface area contributed by atoms with E-state index >= 15 is 0 Å². The molecule has 1 atom stereocenters. The normalized spacial score (nSPS) is 12.3. The number of carbonyl (C=O) groups excluding carboxylic acids is 1. The van der Waals surface area contributed by atoms with Gasteiger partial charge in [-0.25, -0.2) is 0 Å². The Bertz CT molecular complexity index is 389. The Morgan fingerprint density at radius 1 is 1.26 bits per heavy atom. The van der Waals surface area contributed by atoms with Crippen LogP contribution in [-0.2, 0) is 4.79 Å². The lowest BCUT2D eigenvalue weighted by molar-refractivity contribution is -0.131. The number of benzene rings is 1. The molecule has 1 rings (SSSR count). The molecule has 19 heavy (non-hydrogen) atoms. The summed E-state index contributed by atoms with van der Waals surface area (Å²) in [6.45, 7) is 6.08. The Morgan fingerprint density at radius 2 is 1.84 bits per heavy atom. The van der Waals surface area contributed by atoms with Crippen LogP contribution in [0.3, 0.4) is 0 Å². The first kappa shape index (κ1) is 15.5. The summed E-state index contributed by atoms with van der Waals surface area (Å²) in [5.41, 5.74) is 0. The third kappa shape index (κ3) is 6.79. The zero-order chi connectivity index (χ0) is 14.3. The van der Waals surface area contributed by atoms with Crippen LogP contribution in [-0.4, -0.2) is 36.4 Å². The molecule has 2 N–H and O–H groups in total. The lowest BCUT2D eigenvalue weighted by atomic mass is 10.3. The van der Waals surface area contributed by atoms with Gasteiger partial charge in [0.05, 0.1) is 0 Å². The van der Waals surface area contributed by atoms with Gasteiger partial charge in [-0.3, -0.25) is 4.79 Å². The predicted molar refractivity (Wildman–Crippen MR) is 72.4 cm³/mol. The molecule has 1 unspecified atom stereocenters. The van der Waals surface area contributed by atoms with Crippen LogP contribution in [0.5, 0.6) is 11.5 Å². The van der Waals surface area contributed by atoms with Gasteiger partial charge in [-0.15, -0.1) is 0 Å². The van der Waals surface area contributed by atoms with E-state index in [1.54, 1.807) is 24.3 Å². The highest BCUT2D eigenvalue weighted by atomic mass is 16.5. The lowest BCUT2D eigenvalue weighted by Gasteiger charge is -2.15. The van der Waals surface area contributed by atoms with Gasteiger partial charge < -0.3 is 19.9 Å². The van der Waals surface area contributed by atoms with Gasteiger partial charge >= 0.3 is 5.97 Å². The van der Waals surface area contributed by atoms with E-state index in [1.807, 2.05) is 13.8 Å². The van der Waals surface area contributed by atoms with E-state index in [0.717, 1.165) is 0 Å². The van der Waals surface area contributed by atoms with Gasteiger partial charge in [0.25, 0.3) is 0 Å². The molecule has 106 valence electrons. The lowest BCUT2D eigenvalue weighted by Crippen LogP contribution is -2.35. The number of ether oxygens (including phenoxy) is 2. The number of esters is 1. The van der Waals surface area contributed by atoms with E-state index in [9.17, 15) is 9.90 Å². The highest BCUT2D eigenvalue weighted by molar-refractivity contribution is 5.69. The highest BCUT2D eigenvalue weighted by Crippen LogP contribution is 2.17. The fraction of sp³-hybridized carbons (Fsp3) is 0.500. The SMILES string of the molecule is CC(=O)Oc1ccc(OCC(O)CNC(C)C)cc1. The summed E-state index contributed by atoms with van der Waals surface area (Å²) in [6.07, 6.45) is -0.560. The third-order valence-corrected chi connectivity index (χ3v) is 2.29. The standard InChI is InChI=1S/C14H21NO4/c1-10(2)15-8-12(17)9-18-13-4-6-14(7-5-13)19-11(3)16/h4-7,10,12,15,17H,8-9H2,1-3H3. The minimum absolute atomic E-state index is 0.215. The summed E-state index contributed by atoms with van der Waals surface area (Å²) in [6, 6.07) is 7.02. The smallest absolute Gasteiger partial charge is 0.308 e. The van der Waals surface area contributed by atoms with Crippen LogP contribution in [0.4, 0.5) is 0 Å². The second-order valence-electron chi connectivity index (χ2n) is 4.59. The average Bonchev–Trinajstić information content (AvgIpc) is 2.35. The van der Waals surface area contributed by atoms with Crippen molar-refractivity contribution in [2.75, 3.05) is 13.2 Å². The summed E-state index contributed by atoms with van der Waals surface area (Å²) >= 11 is 0. The Kier molecular flexibility index (Phi) is 6.32. The second kappa shape index (κ2) is 7.76. The van der Waals surface area contributed by atoms with Crippen LogP contribution in [0.2, 0.25) is 0 Å². The van der Waals surface area contributed by atoms with Crippen molar-refractivity contribution in [3.05, 3.63) is 24.3 Å². The van der Waals surface area contributed by atoms with Crippen LogP contribution in [0.15, 0.2) is 24.3 Å². The Morgan fingerprint density at radius 3 is 2.37 bits per heavy atom. The largest absolute Gasteiger partial charge is 0.491 e. The molecule has 0 aliphatic carbocycles. The van der Waals surface area contributed by atoms with Crippen LogP contribution < -0.4 is 14.8 Å². The van der Waals surface area contributed by atoms with Crippen molar-refractivity contribution in [1.82, 2.24) is 5.32 Å². The van der Waals surface area contributed by atoms with E-state index in [-0.39, 0.29) is 12.6 Å². The average molecular weight is 267 g/mol. The van der Waals surface area contributed by atoms with Crippen molar-refractivity contribution in [3.8, 4) is 11.5 Å². The first-order chi connectivity index (χ1) is 8.97. The molecule has 0 aliphatic heterocycles. The number of hydrogen-bond acceptors (Lipinski definition) is 5. The number of aliphatic hydroxyl groups is 1. The fourth-order valence-corrected chi connectivity index (χ4v) is 1.39. The molecule has 0 saturated heterocycles. The number of rotatable bonds is 7. The molecular formula is C14H21NO4. The van der Waals surface area contributed by atoms with Gasteiger partial charge in [0.1, 0.15) is 24.2 Å². The molecule has 0 aliphatic rings.